The first-order valence-corrected chi connectivity index (χ1v) is 7.49. The van der Waals surface area contributed by atoms with Crippen LogP contribution in [0.3, 0.4) is 0 Å². The fraction of sp³-hybridized carbons (Fsp3) is 0.357. The van der Waals surface area contributed by atoms with Crippen LogP contribution < -0.4 is 4.90 Å². The molecule has 0 fully saturated rings. The molecule has 0 aromatic heterocycles. The van der Waals surface area contributed by atoms with E-state index in [-0.39, 0.29) is 11.7 Å². The number of allylic oxidation sites excluding steroid dienone is 1. The van der Waals surface area contributed by atoms with Gasteiger partial charge in [0.2, 0.25) is 5.91 Å². The molecule has 0 saturated heterocycles. The van der Waals surface area contributed by atoms with Crippen molar-refractivity contribution in [3.63, 3.8) is 0 Å². The topological polar surface area (TPSA) is 37.4 Å². The summed E-state index contributed by atoms with van der Waals surface area (Å²) in [6.45, 7) is 4.38. The molecule has 4 heteroatoms. The van der Waals surface area contributed by atoms with Crippen LogP contribution >= 0.6 is 0 Å². The van der Waals surface area contributed by atoms with Gasteiger partial charge in [0.1, 0.15) is 5.75 Å². The predicted octanol–water partition coefficient (Wildman–Crippen LogP) is 2.36. The maximum Gasteiger partial charge on any atom is 0.239 e. The third-order valence-corrected chi connectivity index (χ3v) is 3.62. The monoisotopic (exact) mass is 265 g/mol. The minimum absolute atomic E-state index is 0.0765. The molecule has 0 aliphatic carbocycles. The number of anilines is 1. The molecule has 3 nitrogen and oxygen atoms in total. The van der Waals surface area contributed by atoms with Gasteiger partial charge in [-0.2, -0.15) is 0 Å². The highest BCUT2D eigenvalue weighted by Crippen LogP contribution is 2.13. The molecule has 0 aliphatic heterocycles. The van der Waals surface area contributed by atoms with Crippen molar-refractivity contribution in [3.05, 3.63) is 42.5 Å². The van der Waals surface area contributed by atoms with Gasteiger partial charge in [-0.25, -0.2) is 0 Å². The zero-order valence-electron chi connectivity index (χ0n) is 10.8. The van der Waals surface area contributed by atoms with Gasteiger partial charge in [-0.3, -0.25) is 9.00 Å². The number of nitrogens with zero attached hydrogens (tertiary/aromatic N) is 1. The zero-order valence-corrected chi connectivity index (χ0v) is 11.7. The number of rotatable bonds is 6. The average Bonchev–Trinajstić information content (AvgIpc) is 2.38. The van der Waals surface area contributed by atoms with Crippen LogP contribution in [0.4, 0.5) is 5.69 Å². The van der Waals surface area contributed by atoms with Crippen LogP contribution in [0.25, 0.3) is 0 Å². The van der Waals surface area contributed by atoms with E-state index in [9.17, 15) is 9.00 Å². The summed E-state index contributed by atoms with van der Waals surface area (Å²) < 4.78 is 11.7. The van der Waals surface area contributed by atoms with Crippen molar-refractivity contribution < 1.29 is 9.00 Å². The highest BCUT2D eigenvalue weighted by molar-refractivity contribution is 7.85. The molecule has 1 atom stereocenters. The Morgan fingerprint density at radius 2 is 2.00 bits per heavy atom. The first-order valence-electron chi connectivity index (χ1n) is 6.00. The van der Waals surface area contributed by atoms with Gasteiger partial charge in [0.05, 0.1) is 0 Å². The Balaban J connectivity index is 2.66. The Hall–Kier alpha value is -1.42. The molecule has 0 saturated carbocycles. The van der Waals surface area contributed by atoms with Crippen LogP contribution in [0.15, 0.2) is 42.5 Å². The highest BCUT2D eigenvalue weighted by atomic mass is 32.2. The molecule has 18 heavy (non-hydrogen) atoms. The summed E-state index contributed by atoms with van der Waals surface area (Å²) in [7, 11) is -1.12. The Morgan fingerprint density at radius 1 is 1.33 bits per heavy atom. The van der Waals surface area contributed by atoms with Gasteiger partial charge in [0.25, 0.3) is 0 Å². The predicted molar refractivity (Wildman–Crippen MR) is 77.2 cm³/mol. The van der Waals surface area contributed by atoms with E-state index >= 15 is 0 Å². The number of carbonyl (C=O) groups excluding carboxylic acids is 1. The lowest BCUT2D eigenvalue weighted by molar-refractivity contribution is -0.116. The Morgan fingerprint density at radius 3 is 2.56 bits per heavy atom. The molecule has 0 bridgehead atoms. The van der Waals surface area contributed by atoms with Crippen molar-refractivity contribution in [2.75, 3.05) is 23.0 Å². The molecule has 0 N–H and O–H groups in total. The maximum absolute atomic E-state index is 12.1. The minimum atomic E-state index is -1.12. The van der Waals surface area contributed by atoms with Crippen LogP contribution in [0.5, 0.6) is 0 Å². The normalized spacial score (nSPS) is 12.6. The van der Waals surface area contributed by atoms with Crippen molar-refractivity contribution in [1.29, 1.82) is 0 Å². The highest BCUT2D eigenvalue weighted by Gasteiger charge is 2.15. The fourth-order valence-electron chi connectivity index (χ4n) is 1.59. The fourth-order valence-corrected chi connectivity index (χ4v) is 2.55. The van der Waals surface area contributed by atoms with Crippen molar-refractivity contribution in [2.24, 2.45) is 0 Å². The number of carbonyl (C=O) groups is 1. The molecule has 0 heterocycles. The first kappa shape index (κ1) is 14.6. The van der Waals surface area contributed by atoms with Crippen molar-refractivity contribution >= 4 is 22.4 Å². The maximum atomic E-state index is 12.1. The summed E-state index contributed by atoms with van der Waals surface area (Å²) in [6.07, 6.45) is 3.67. The smallest absolute Gasteiger partial charge is 0.239 e. The molecule has 1 aromatic carbocycles. The largest absolute Gasteiger partial charge is 0.312 e. The minimum Gasteiger partial charge on any atom is -0.312 e. The Kier molecular flexibility index (Phi) is 6.36. The van der Waals surface area contributed by atoms with Gasteiger partial charge in [-0.05, 0) is 26.0 Å². The quantitative estimate of drug-likeness (QED) is 0.740. The molecule has 1 unspecified atom stereocenters. The molecule has 1 aromatic rings. The van der Waals surface area contributed by atoms with Gasteiger partial charge < -0.3 is 4.90 Å². The van der Waals surface area contributed by atoms with E-state index in [0.29, 0.717) is 12.3 Å². The third-order valence-electron chi connectivity index (χ3n) is 2.49. The summed E-state index contributed by atoms with van der Waals surface area (Å²) in [6, 6.07) is 9.46. The van der Waals surface area contributed by atoms with E-state index in [1.165, 1.54) is 0 Å². The van der Waals surface area contributed by atoms with Gasteiger partial charge in [-0.15, -0.1) is 0 Å². The van der Waals surface area contributed by atoms with Crippen molar-refractivity contribution in [3.8, 4) is 0 Å². The van der Waals surface area contributed by atoms with Crippen molar-refractivity contribution in [1.82, 2.24) is 0 Å². The molecule has 1 rings (SSSR count). The van der Waals surface area contributed by atoms with E-state index < -0.39 is 10.8 Å². The Labute approximate surface area is 111 Å². The van der Waals surface area contributed by atoms with Crippen LogP contribution in [0, 0.1) is 0 Å². The SMILES string of the molecule is C/C=C/CS(=O)CC(=O)N(CC)c1ccccc1. The van der Waals surface area contributed by atoms with Crippen LogP contribution in [-0.2, 0) is 15.6 Å². The number of amides is 1. The third kappa shape index (κ3) is 4.45. The van der Waals surface area contributed by atoms with Gasteiger partial charge in [-0.1, -0.05) is 30.4 Å². The number of hydrogen-bond acceptors (Lipinski definition) is 2. The van der Waals surface area contributed by atoms with Gasteiger partial charge in [0.15, 0.2) is 0 Å². The van der Waals surface area contributed by atoms with E-state index in [1.54, 1.807) is 4.90 Å². The van der Waals surface area contributed by atoms with Crippen LogP contribution in [-0.4, -0.2) is 28.2 Å². The summed E-state index contributed by atoms with van der Waals surface area (Å²) >= 11 is 0. The summed E-state index contributed by atoms with van der Waals surface area (Å²) in [5.41, 5.74) is 0.855. The molecule has 0 radical (unpaired) electrons. The number of para-hydroxylation sites is 1. The van der Waals surface area contributed by atoms with E-state index in [1.807, 2.05) is 56.3 Å². The molecular weight excluding hydrogens is 246 g/mol. The Bertz CT molecular complexity index is 429. The van der Waals surface area contributed by atoms with Crippen LogP contribution in [0.1, 0.15) is 13.8 Å². The lowest BCUT2D eigenvalue weighted by atomic mass is 10.3. The zero-order chi connectivity index (χ0) is 13.4. The number of hydrogen-bond donors (Lipinski definition) is 0. The summed E-state index contributed by atoms with van der Waals surface area (Å²) in [5, 5.41) is 0. The van der Waals surface area contributed by atoms with Gasteiger partial charge >= 0.3 is 0 Å². The summed E-state index contributed by atoms with van der Waals surface area (Å²) in [4.78, 5) is 13.7. The molecule has 98 valence electrons. The first-order chi connectivity index (χ1) is 8.69. The van der Waals surface area contributed by atoms with E-state index in [4.69, 9.17) is 0 Å². The number of benzene rings is 1. The van der Waals surface area contributed by atoms with Gasteiger partial charge in [0, 0.05) is 28.8 Å². The lowest BCUT2D eigenvalue weighted by Crippen LogP contribution is -2.34. The molecule has 1 amide bonds. The second-order valence-corrected chi connectivity index (χ2v) is 5.30. The van der Waals surface area contributed by atoms with Crippen molar-refractivity contribution in [2.45, 2.75) is 13.8 Å². The molecule has 0 aliphatic rings. The second-order valence-electron chi connectivity index (χ2n) is 3.79. The molecule has 0 spiro atoms. The summed E-state index contributed by atoms with van der Waals surface area (Å²) in [5.74, 6) is 0.424. The van der Waals surface area contributed by atoms with E-state index in [2.05, 4.69) is 0 Å². The lowest BCUT2D eigenvalue weighted by Gasteiger charge is -2.20. The molecular formula is C14H19NO2S. The van der Waals surface area contributed by atoms with Crippen LogP contribution in [0.2, 0.25) is 0 Å². The van der Waals surface area contributed by atoms with E-state index in [0.717, 1.165) is 5.69 Å². The average molecular weight is 265 g/mol. The second kappa shape index (κ2) is 7.82. The standard InChI is InChI=1S/C14H19NO2S/c1-3-5-11-18(17)12-14(16)15(4-2)13-9-7-6-8-10-13/h3,5-10H,4,11-12H2,1-2H3/b5-3+.